The molecule has 2 rings (SSSR count). The van der Waals surface area contributed by atoms with Crippen LogP contribution in [0.2, 0.25) is 0 Å². The molecule has 2 aromatic rings. The van der Waals surface area contributed by atoms with E-state index in [-0.39, 0.29) is 10.6 Å². The molecule has 2 aromatic carbocycles. The highest BCUT2D eigenvalue weighted by molar-refractivity contribution is 7.89. The molecule has 112 valence electrons. The zero-order valence-electron chi connectivity index (χ0n) is 11.8. The molecule has 0 unspecified atom stereocenters. The Labute approximate surface area is 124 Å². The van der Waals surface area contributed by atoms with Crippen LogP contribution in [0.15, 0.2) is 47.4 Å². The Morgan fingerprint density at radius 2 is 1.81 bits per heavy atom. The molecule has 0 aliphatic heterocycles. The van der Waals surface area contributed by atoms with E-state index >= 15 is 0 Å². The summed E-state index contributed by atoms with van der Waals surface area (Å²) in [5, 5.41) is 5.10. The lowest BCUT2D eigenvalue weighted by Gasteiger charge is -2.15. The van der Waals surface area contributed by atoms with Crippen LogP contribution in [-0.4, -0.2) is 22.5 Å². The van der Waals surface area contributed by atoms with Crippen molar-refractivity contribution in [3.8, 4) is 11.5 Å². The van der Waals surface area contributed by atoms with Gasteiger partial charge in [-0.15, -0.1) is 0 Å². The Morgan fingerprint density at radius 1 is 1.10 bits per heavy atom. The minimum absolute atomic E-state index is 0.0459. The number of sulfonamides is 1. The van der Waals surface area contributed by atoms with Crippen LogP contribution in [0.5, 0.6) is 11.5 Å². The lowest BCUT2D eigenvalue weighted by atomic mass is 10.2. The van der Waals surface area contributed by atoms with Crippen LogP contribution in [0.3, 0.4) is 0 Å². The summed E-state index contributed by atoms with van der Waals surface area (Å²) in [5.74, 6) is 0.803. The van der Waals surface area contributed by atoms with Gasteiger partial charge in [0.05, 0.1) is 10.6 Å². The molecule has 0 saturated heterocycles. The van der Waals surface area contributed by atoms with Crippen molar-refractivity contribution >= 4 is 21.4 Å². The number of hydrogen-bond donors (Lipinski definition) is 2. The SMILES string of the molecule is CN(C)c1cccc(Oc2cc(S(N)(=O)=O)ccc2N)c1. The van der Waals surface area contributed by atoms with Gasteiger partial charge in [0.1, 0.15) is 5.75 Å². The summed E-state index contributed by atoms with van der Waals surface area (Å²) < 4.78 is 28.4. The zero-order chi connectivity index (χ0) is 15.6. The Balaban J connectivity index is 2.37. The van der Waals surface area contributed by atoms with Crippen LogP contribution < -0.4 is 20.5 Å². The van der Waals surface area contributed by atoms with Crippen molar-refractivity contribution in [2.24, 2.45) is 5.14 Å². The average Bonchev–Trinajstić information content (AvgIpc) is 2.40. The number of primary sulfonamides is 1. The molecule has 6 nitrogen and oxygen atoms in total. The number of benzene rings is 2. The van der Waals surface area contributed by atoms with Crippen LogP contribution in [0.4, 0.5) is 11.4 Å². The van der Waals surface area contributed by atoms with E-state index in [0.29, 0.717) is 11.4 Å². The molecule has 0 bridgehead atoms. The quantitative estimate of drug-likeness (QED) is 0.839. The summed E-state index contributed by atoms with van der Waals surface area (Å²) >= 11 is 0. The lowest BCUT2D eigenvalue weighted by molar-refractivity contribution is 0.483. The summed E-state index contributed by atoms with van der Waals surface area (Å²) in [5.41, 5.74) is 7.09. The second kappa shape index (κ2) is 5.63. The summed E-state index contributed by atoms with van der Waals surface area (Å²) in [6.45, 7) is 0. The minimum Gasteiger partial charge on any atom is -0.455 e. The van der Waals surface area contributed by atoms with Gasteiger partial charge in [-0.3, -0.25) is 0 Å². The molecule has 0 radical (unpaired) electrons. The van der Waals surface area contributed by atoms with E-state index in [1.54, 1.807) is 6.07 Å². The van der Waals surface area contributed by atoms with Crippen LogP contribution >= 0.6 is 0 Å². The molecule has 21 heavy (non-hydrogen) atoms. The van der Waals surface area contributed by atoms with Gasteiger partial charge >= 0.3 is 0 Å². The van der Waals surface area contributed by atoms with Gasteiger partial charge in [0.2, 0.25) is 10.0 Å². The number of anilines is 2. The maximum atomic E-state index is 11.4. The number of nitrogens with zero attached hydrogens (tertiary/aromatic N) is 1. The highest BCUT2D eigenvalue weighted by Crippen LogP contribution is 2.31. The van der Waals surface area contributed by atoms with E-state index in [4.69, 9.17) is 15.6 Å². The molecule has 4 N–H and O–H groups in total. The Kier molecular flexibility index (Phi) is 4.06. The van der Waals surface area contributed by atoms with Gasteiger partial charge in [-0.25, -0.2) is 13.6 Å². The third-order valence-corrected chi connectivity index (χ3v) is 3.79. The second-order valence-electron chi connectivity index (χ2n) is 4.74. The van der Waals surface area contributed by atoms with Crippen molar-refractivity contribution in [1.29, 1.82) is 0 Å². The van der Waals surface area contributed by atoms with E-state index in [1.165, 1.54) is 18.2 Å². The first-order valence-corrected chi connectivity index (χ1v) is 7.69. The summed E-state index contributed by atoms with van der Waals surface area (Å²) in [6, 6.07) is 11.5. The van der Waals surface area contributed by atoms with Crippen molar-refractivity contribution in [2.75, 3.05) is 24.7 Å². The molecular weight excluding hydrogens is 290 g/mol. The smallest absolute Gasteiger partial charge is 0.238 e. The van der Waals surface area contributed by atoms with Crippen LogP contribution in [-0.2, 0) is 10.0 Å². The molecule has 0 atom stereocenters. The van der Waals surface area contributed by atoms with E-state index in [9.17, 15) is 8.42 Å². The fourth-order valence-corrected chi connectivity index (χ4v) is 2.26. The molecule has 0 spiro atoms. The van der Waals surface area contributed by atoms with Gasteiger partial charge < -0.3 is 15.4 Å². The number of rotatable bonds is 4. The molecule has 0 amide bonds. The minimum atomic E-state index is -3.80. The Morgan fingerprint density at radius 3 is 2.43 bits per heavy atom. The average molecular weight is 307 g/mol. The number of ether oxygens (including phenoxy) is 1. The van der Waals surface area contributed by atoms with Gasteiger partial charge in [-0.1, -0.05) is 6.07 Å². The molecule has 0 saturated carbocycles. The first kappa shape index (κ1) is 15.1. The van der Waals surface area contributed by atoms with E-state index in [1.807, 2.05) is 37.2 Å². The lowest BCUT2D eigenvalue weighted by Crippen LogP contribution is -2.12. The highest BCUT2D eigenvalue weighted by Gasteiger charge is 2.12. The number of hydrogen-bond acceptors (Lipinski definition) is 5. The standard InChI is InChI=1S/C14H17N3O3S/c1-17(2)10-4-3-5-11(8-10)20-14-9-12(21(16,18)19)6-7-13(14)15/h3-9H,15H2,1-2H3,(H2,16,18,19). The number of nitrogen functional groups attached to an aromatic ring is 1. The van der Waals surface area contributed by atoms with Crippen molar-refractivity contribution in [3.05, 3.63) is 42.5 Å². The largest absolute Gasteiger partial charge is 0.455 e. The highest BCUT2D eigenvalue weighted by atomic mass is 32.2. The third kappa shape index (κ3) is 3.65. The van der Waals surface area contributed by atoms with Crippen molar-refractivity contribution in [2.45, 2.75) is 4.90 Å². The summed E-state index contributed by atoms with van der Waals surface area (Å²) in [4.78, 5) is 1.88. The maximum Gasteiger partial charge on any atom is 0.238 e. The normalized spacial score (nSPS) is 11.2. The molecule has 0 fully saturated rings. The van der Waals surface area contributed by atoms with Gasteiger partial charge in [-0.05, 0) is 24.3 Å². The van der Waals surface area contributed by atoms with Crippen molar-refractivity contribution in [3.63, 3.8) is 0 Å². The molecule has 0 aromatic heterocycles. The Hall–Kier alpha value is -2.25. The predicted octanol–water partition coefficient (Wildman–Crippen LogP) is 1.77. The van der Waals surface area contributed by atoms with Crippen LogP contribution in [0, 0.1) is 0 Å². The van der Waals surface area contributed by atoms with Crippen molar-refractivity contribution in [1.82, 2.24) is 0 Å². The number of nitrogens with two attached hydrogens (primary N) is 2. The molecular formula is C14H17N3O3S. The van der Waals surface area contributed by atoms with E-state index in [2.05, 4.69) is 0 Å². The molecule has 0 aliphatic rings. The fourth-order valence-electron chi connectivity index (χ4n) is 1.73. The van der Waals surface area contributed by atoms with E-state index in [0.717, 1.165) is 5.69 Å². The summed E-state index contributed by atoms with van der Waals surface area (Å²) in [7, 11) is 0.0238. The molecule has 0 aliphatic carbocycles. The third-order valence-electron chi connectivity index (χ3n) is 2.88. The topological polar surface area (TPSA) is 98.6 Å². The van der Waals surface area contributed by atoms with E-state index < -0.39 is 10.0 Å². The fraction of sp³-hybridized carbons (Fsp3) is 0.143. The van der Waals surface area contributed by atoms with Gasteiger partial charge in [0, 0.05) is 31.9 Å². The zero-order valence-corrected chi connectivity index (χ0v) is 12.6. The van der Waals surface area contributed by atoms with Crippen LogP contribution in [0.25, 0.3) is 0 Å². The first-order chi connectivity index (χ1) is 9.77. The maximum absolute atomic E-state index is 11.4. The van der Waals surface area contributed by atoms with Crippen LogP contribution in [0.1, 0.15) is 0 Å². The Bertz CT molecular complexity index is 758. The van der Waals surface area contributed by atoms with Gasteiger partial charge in [0.15, 0.2) is 5.75 Å². The predicted molar refractivity (Wildman–Crippen MR) is 83.1 cm³/mol. The monoisotopic (exact) mass is 307 g/mol. The molecule has 0 heterocycles. The van der Waals surface area contributed by atoms with Crippen molar-refractivity contribution < 1.29 is 13.2 Å². The second-order valence-corrected chi connectivity index (χ2v) is 6.30. The molecule has 7 heteroatoms. The summed E-state index contributed by atoms with van der Waals surface area (Å²) in [6.07, 6.45) is 0. The van der Waals surface area contributed by atoms with Gasteiger partial charge in [0.25, 0.3) is 0 Å². The van der Waals surface area contributed by atoms with Gasteiger partial charge in [-0.2, -0.15) is 0 Å². The first-order valence-electron chi connectivity index (χ1n) is 6.15.